The highest BCUT2D eigenvalue weighted by Gasteiger charge is 2.25. The summed E-state index contributed by atoms with van der Waals surface area (Å²) in [7, 11) is -4.36. The summed E-state index contributed by atoms with van der Waals surface area (Å²) < 4.78 is 32.5. The third kappa shape index (κ3) is 32.5. The zero-order chi connectivity index (χ0) is 33.3. The van der Waals surface area contributed by atoms with Crippen LogP contribution in [0.25, 0.3) is 0 Å². The Morgan fingerprint density at radius 3 is 1.58 bits per heavy atom. The zero-order valence-corrected chi connectivity index (χ0v) is 29.8. The van der Waals surface area contributed by atoms with Crippen molar-refractivity contribution in [3.8, 4) is 0 Å². The maximum atomic E-state index is 12.5. The molecule has 9 nitrogen and oxygen atoms in total. The van der Waals surface area contributed by atoms with Gasteiger partial charge >= 0.3 is 19.8 Å². The van der Waals surface area contributed by atoms with E-state index in [4.69, 9.17) is 24.3 Å². The van der Waals surface area contributed by atoms with E-state index in [-0.39, 0.29) is 38.6 Å². The Bertz CT molecular complexity index is 764. The van der Waals surface area contributed by atoms with Gasteiger partial charge in [-0.05, 0) is 38.5 Å². The number of phosphoric acid groups is 1. The maximum absolute atomic E-state index is 12.5. The normalized spacial score (nSPS) is 13.6. The van der Waals surface area contributed by atoms with E-state index in [1.807, 2.05) is 0 Å². The minimum Gasteiger partial charge on any atom is -0.462 e. The molecule has 0 amide bonds. The van der Waals surface area contributed by atoms with Crippen LogP contribution in [0.2, 0.25) is 0 Å². The van der Waals surface area contributed by atoms with Gasteiger partial charge in [-0.3, -0.25) is 18.6 Å². The number of nitrogens with two attached hydrogens (primary N) is 1. The number of carbonyl (C=O) groups excluding carboxylic acids is 2. The fourth-order valence-electron chi connectivity index (χ4n) is 4.92. The molecule has 0 bridgehead atoms. The molecule has 10 heteroatoms. The Balaban J connectivity index is 4.24. The molecule has 0 aliphatic rings. The van der Waals surface area contributed by atoms with Gasteiger partial charge in [-0.1, -0.05) is 129 Å². The average Bonchev–Trinajstić information content (AvgIpc) is 3.02. The number of hydrogen-bond acceptors (Lipinski definition) is 8. The van der Waals surface area contributed by atoms with Crippen molar-refractivity contribution in [3.05, 3.63) is 12.2 Å². The summed E-state index contributed by atoms with van der Waals surface area (Å²) in [6, 6.07) is 0. The van der Waals surface area contributed by atoms with E-state index in [0.717, 1.165) is 51.4 Å². The molecule has 0 fully saturated rings. The predicted octanol–water partition coefficient (Wildman–Crippen LogP) is 9.49. The van der Waals surface area contributed by atoms with Gasteiger partial charge in [-0.2, -0.15) is 0 Å². The molecule has 0 aromatic heterocycles. The number of ether oxygens (including phenoxy) is 2. The number of unbranched alkanes of at least 4 members (excludes halogenated alkanes) is 19. The van der Waals surface area contributed by atoms with Crippen LogP contribution in [0.1, 0.15) is 168 Å². The fraction of sp³-hybridized carbons (Fsp3) is 0.886. The molecule has 3 N–H and O–H groups in total. The molecule has 0 spiro atoms. The second kappa shape index (κ2) is 32.7. The van der Waals surface area contributed by atoms with E-state index < -0.39 is 26.5 Å². The first-order valence-corrected chi connectivity index (χ1v) is 19.7. The van der Waals surface area contributed by atoms with Gasteiger partial charge in [0.2, 0.25) is 0 Å². The summed E-state index contributed by atoms with van der Waals surface area (Å²) in [5, 5.41) is 0. The first kappa shape index (κ1) is 43.8. The van der Waals surface area contributed by atoms with Gasteiger partial charge in [0.05, 0.1) is 13.2 Å². The molecule has 0 aromatic rings. The summed E-state index contributed by atoms with van der Waals surface area (Å²) in [6.07, 6.45) is 29.6. The first-order valence-electron chi connectivity index (χ1n) is 18.2. The SMILES string of the molecule is CCCCCCCC/C=C\CCCCCCCC(=O)OC(COC(=O)CCCCCCCCCCC)COP(=O)(O)OCCN. The molecule has 0 saturated carbocycles. The summed E-state index contributed by atoms with van der Waals surface area (Å²) in [4.78, 5) is 34.5. The van der Waals surface area contributed by atoms with Crippen molar-refractivity contribution in [3.63, 3.8) is 0 Å². The molecule has 0 aromatic carbocycles. The van der Waals surface area contributed by atoms with Crippen LogP contribution >= 0.6 is 7.82 Å². The number of esters is 2. The van der Waals surface area contributed by atoms with Crippen LogP contribution in [0.5, 0.6) is 0 Å². The van der Waals surface area contributed by atoms with Crippen LogP contribution in [0.3, 0.4) is 0 Å². The fourth-order valence-corrected chi connectivity index (χ4v) is 5.69. The van der Waals surface area contributed by atoms with E-state index >= 15 is 0 Å². The Kier molecular flexibility index (Phi) is 31.8. The Morgan fingerprint density at radius 1 is 0.644 bits per heavy atom. The number of hydrogen-bond donors (Lipinski definition) is 2. The average molecular weight is 662 g/mol. The van der Waals surface area contributed by atoms with Crippen LogP contribution in [0.4, 0.5) is 0 Å². The quantitative estimate of drug-likeness (QED) is 0.0299. The standard InChI is InChI=1S/C35H68NO8P/c1-3-5-7-9-11-13-14-15-16-17-18-20-22-24-26-28-35(38)44-33(32-43-45(39,40)42-30-29-36)31-41-34(37)27-25-23-21-19-12-10-8-6-4-2/h15-16,33H,3-14,17-32,36H2,1-2H3,(H,39,40)/b16-15-. The number of phosphoric ester groups is 1. The molecular formula is C35H68NO8P. The van der Waals surface area contributed by atoms with E-state index in [1.165, 1.54) is 83.5 Å². The van der Waals surface area contributed by atoms with Crippen molar-refractivity contribution in [2.45, 2.75) is 174 Å². The van der Waals surface area contributed by atoms with E-state index in [0.29, 0.717) is 6.42 Å². The molecule has 0 radical (unpaired) electrons. The molecule has 45 heavy (non-hydrogen) atoms. The minimum atomic E-state index is -4.36. The predicted molar refractivity (Wildman–Crippen MR) is 183 cm³/mol. The van der Waals surface area contributed by atoms with E-state index in [2.05, 4.69) is 26.0 Å². The summed E-state index contributed by atoms with van der Waals surface area (Å²) in [6.45, 7) is 3.68. The van der Waals surface area contributed by atoms with Gasteiger partial charge in [0, 0.05) is 19.4 Å². The third-order valence-electron chi connectivity index (χ3n) is 7.65. The van der Waals surface area contributed by atoms with Crippen molar-refractivity contribution >= 4 is 19.8 Å². The van der Waals surface area contributed by atoms with Gasteiger partial charge in [0.15, 0.2) is 6.10 Å². The highest BCUT2D eigenvalue weighted by Crippen LogP contribution is 2.43. The molecule has 2 atom stereocenters. The van der Waals surface area contributed by atoms with Crippen LogP contribution in [0, 0.1) is 0 Å². The van der Waals surface area contributed by atoms with Gasteiger partial charge in [0.25, 0.3) is 0 Å². The molecule has 2 unspecified atom stereocenters. The summed E-state index contributed by atoms with van der Waals surface area (Å²) >= 11 is 0. The van der Waals surface area contributed by atoms with E-state index in [1.54, 1.807) is 0 Å². The third-order valence-corrected chi connectivity index (χ3v) is 8.64. The van der Waals surface area contributed by atoms with Crippen LogP contribution in [-0.2, 0) is 32.7 Å². The van der Waals surface area contributed by atoms with Crippen molar-refractivity contribution in [2.24, 2.45) is 5.73 Å². The zero-order valence-electron chi connectivity index (χ0n) is 28.9. The first-order chi connectivity index (χ1) is 21.8. The van der Waals surface area contributed by atoms with Crippen LogP contribution < -0.4 is 5.73 Å². The lowest BCUT2D eigenvalue weighted by atomic mass is 10.1. The molecule has 0 aliphatic carbocycles. The molecular weight excluding hydrogens is 593 g/mol. The molecule has 266 valence electrons. The summed E-state index contributed by atoms with van der Waals surface area (Å²) in [5.74, 6) is -0.838. The second-order valence-corrected chi connectivity index (χ2v) is 13.5. The molecule has 0 heterocycles. The van der Waals surface area contributed by atoms with Crippen molar-refractivity contribution in [2.75, 3.05) is 26.4 Å². The lowest BCUT2D eigenvalue weighted by Gasteiger charge is -2.19. The highest BCUT2D eigenvalue weighted by atomic mass is 31.2. The van der Waals surface area contributed by atoms with Gasteiger partial charge < -0.3 is 20.1 Å². The Hall–Kier alpha value is -1.25. The molecule has 0 aliphatic heterocycles. The lowest BCUT2D eigenvalue weighted by molar-refractivity contribution is -0.161. The topological polar surface area (TPSA) is 134 Å². The smallest absolute Gasteiger partial charge is 0.462 e. The van der Waals surface area contributed by atoms with Crippen LogP contribution in [0.15, 0.2) is 12.2 Å². The van der Waals surface area contributed by atoms with Crippen LogP contribution in [-0.4, -0.2) is 49.3 Å². The highest BCUT2D eigenvalue weighted by molar-refractivity contribution is 7.47. The number of rotatable bonds is 34. The van der Waals surface area contributed by atoms with Gasteiger partial charge in [-0.25, -0.2) is 4.57 Å². The van der Waals surface area contributed by atoms with Crippen molar-refractivity contribution < 1.29 is 37.6 Å². The Labute approximate surface area is 275 Å². The van der Waals surface area contributed by atoms with Crippen molar-refractivity contribution in [1.82, 2.24) is 0 Å². The number of carbonyl (C=O) groups is 2. The molecule has 0 saturated heterocycles. The van der Waals surface area contributed by atoms with Gasteiger partial charge in [0.1, 0.15) is 6.61 Å². The lowest BCUT2D eigenvalue weighted by Crippen LogP contribution is -2.29. The largest absolute Gasteiger partial charge is 0.472 e. The maximum Gasteiger partial charge on any atom is 0.472 e. The monoisotopic (exact) mass is 661 g/mol. The molecule has 0 rings (SSSR count). The number of allylic oxidation sites excluding steroid dienone is 2. The Morgan fingerprint density at radius 2 is 1.09 bits per heavy atom. The second-order valence-electron chi connectivity index (χ2n) is 12.1. The van der Waals surface area contributed by atoms with Crippen molar-refractivity contribution in [1.29, 1.82) is 0 Å². The van der Waals surface area contributed by atoms with Gasteiger partial charge in [-0.15, -0.1) is 0 Å². The summed E-state index contributed by atoms with van der Waals surface area (Å²) in [5.41, 5.74) is 5.32. The minimum absolute atomic E-state index is 0.0543. The van der Waals surface area contributed by atoms with E-state index in [9.17, 15) is 19.0 Å².